The molecule has 6 heteroatoms. The molecule has 0 saturated carbocycles. The predicted octanol–water partition coefficient (Wildman–Crippen LogP) is 3.28. The van der Waals surface area contributed by atoms with E-state index in [1.807, 2.05) is 36.4 Å². The van der Waals surface area contributed by atoms with Crippen molar-refractivity contribution >= 4 is 5.96 Å². The van der Waals surface area contributed by atoms with E-state index in [2.05, 4.69) is 29.4 Å². The molecule has 2 rings (SSSR count). The van der Waals surface area contributed by atoms with E-state index in [9.17, 15) is 0 Å². The number of nitrogens with two attached hydrogens (primary N) is 1. The van der Waals surface area contributed by atoms with E-state index in [1.165, 1.54) is 5.56 Å². The summed E-state index contributed by atoms with van der Waals surface area (Å²) >= 11 is 0. The molecular formula is C21H29N3O3. The molecule has 0 aromatic heterocycles. The molecule has 6 nitrogen and oxygen atoms in total. The Morgan fingerprint density at radius 1 is 1.07 bits per heavy atom. The number of benzene rings is 2. The fraction of sp³-hybridized carbons (Fsp3) is 0.381. The summed E-state index contributed by atoms with van der Waals surface area (Å²) in [6, 6.07) is 15.9. The number of guanidine groups is 1. The summed E-state index contributed by atoms with van der Waals surface area (Å²) in [7, 11) is 3.23. The van der Waals surface area contributed by atoms with Gasteiger partial charge >= 0.3 is 0 Å². The third-order valence-corrected chi connectivity index (χ3v) is 4.14. The molecule has 1 atom stereocenters. The van der Waals surface area contributed by atoms with Gasteiger partial charge in [-0.2, -0.15) is 0 Å². The van der Waals surface area contributed by atoms with Crippen LogP contribution in [0, 0.1) is 0 Å². The van der Waals surface area contributed by atoms with E-state index in [-0.39, 0.29) is 6.10 Å². The first-order valence-corrected chi connectivity index (χ1v) is 9.05. The van der Waals surface area contributed by atoms with Crippen LogP contribution in [0.2, 0.25) is 0 Å². The van der Waals surface area contributed by atoms with Crippen LogP contribution in [-0.4, -0.2) is 33.3 Å². The Hall–Kier alpha value is -2.73. The fourth-order valence-electron chi connectivity index (χ4n) is 2.58. The van der Waals surface area contributed by atoms with Gasteiger partial charge in [0.2, 0.25) is 0 Å². The lowest BCUT2D eigenvalue weighted by atomic mass is 10.1. The first-order chi connectivity index (χ1) is 13.1. The molecule has 1 unspecified atom stereocenters. The van der Waals surface area contributed by atoms with E-state index in [1.54, 1.807) is 14.2 Å². The standard InChI is InChI=1S/C21H29N3O3/c1-16(18-8-5-4-6-9-18)27-13-7-12-23-21(22)24-15-17-10-11-19(25-2)20(14-17)26-3/h4-6,8-11,14,16H,7,12-13,15H2,1-3H3,(H3,22,23,24). The summed E-state index contributed by atoms with van der Waals surface area (Å²) in [4.78, 5) is 4.35. The van der Waals surface area contributed by atoms with Crippen molar-refractivity contribution in [2.45, 2.75) is 26.0 Å². The molecule has 0 aliphatic rings. The highest BCUT2D eigenvalue weighted by molar-refractivity contribution is 5.77. The Labute approximate surface area is 161 Å². The third-order valence-electron chi connectivity index (χ3n) is 4.14. The molecule has 0 radical (unpaired) electrons. The summed E-state index contributed by atoms with van der Waals surface area (Å²) in [6.45, 7) is 3.90. The lowest BCUT2D eigenvalue weighted by Gasteiger charge is -2.13. The van der Waals surface area contributed by atoms with Crippen LogP contribution in [0.5, 0.6) is 11.5 Å². The van der Waals surface area contributed by atoms with Gasteiger partial charge in [-0.25, -0.2) is 4.99 Å². The minimum atomic E-state index is 0.0854. The van der Waals surface area contributed by atoms with Crippen molar-refractivity contribution in [3.05, 3.63) is 59.7 Å². The van der Waals surface area contributed by atoms with Gasteiger partial charge in [0.1, 0.15) is 0 Å². The molecule has 0 aliphatic carbocycles. The van der Waals surface area contributed by atoms with Gasteiger partial charge in [-0.1, -0.05) is 36.4 Å². The molecule has 0 amide bonds. The zero-order valence-corrected chi connectivity index (χ0v) is 16.3. The van der Waals surface area contributed by atoms with Gasteiger partial charge in [0.15, 0.2) is 17.5 Å². The van der Waals surface area contributed by atoms with Crippen LogP contribution in [0.4, 0.5) is 0 Å². The highest BCUT2D eigenvalue weighted by Crippen LogP contribution is 2.27. The van der Waals surface area contributed by atoms with E-state index >= 15 is 0 Å². The Morgan fingerprint density at radius 2 is 1.81 bits per heavy atom. The monoisotopic (exact) mass is 371 g/mol. The van der Waals surface area contributed by atoms with Crippen molar-refractivity contribution in [2.24, 2.45) is 10.7 Å². The van der Waals surface area contributed by atoms with E-state index in [4.69, 9.17) is 19.9 Å². The number of rotatable bonds is 10. The molecule has 3 N–H and O–H groups in total. The highest BCUT2D eigenvalue weighted by atomic mass is 16.5. The van der Waals surface area contributed by atoms with Crippen LogP contribution in [0.3, 0.4) is 0 Å². The second-order valence-electron chi connectivity index (χ2n) is 6.09. The van der Waals surface area contributed by atoms with Crippen LogP contribution >= 0.6 is 0 Å². The molecule has 0 fully saturated rings. The number of hydrogen-bond donors (Lipinski definition) is 2. The van der Waals surface area contributed by atoms with Crippen LogP contribution in [0.1, 0.15) is 30.6 Å². The predicted molar refractivity (Wildman–Crippen MR) is 108 cm³/mol. The molecule has 0 aliphatic heterocycles. The maximum Gasteiger partial charge on any atom is 0.188 e. The van der Waals surface area contributed by atoms with Crippen LogP contribution < -0.4 is 20.5 Å². The minimum absolute atomic E-state index is 0.0854. The van der Waals surface area contributed by atoms with Gasteiger partial charge < -0.3 is 25.3 Å². The number of methoxy groups -OCH3 is 2. The van der Waals surface area contributed by atoms with Gasteiger partial charge in [-0.05, 0) is 36.6 Å². The molecule has 2 aromatic rings. The largest absolute Gasteiger partial charge is 0.493 e. The molecule has 0 saturated heterocycles. The van der Waals surface area contributed by atoms with Crippen molar-refractivity contribution in [3.8, 4) is 11.5 Å². The smallest absolute Gasteiger partial charge is 0.188 e. The molecular weight excluding hydrogens is 342 g/mol. The van der Waals surface area contributed by atoms with Gasteiger partial charge in [-0.3, -0.25) is 0 Å². The van der Waals surface area contributed by atoms with Gasteiger partial charge in [0, 0.05) is 13.2 Å². The number of nitrogens with one attached hydrogen (secondary N) is 1. The Balaban J connectivity index is 1.69. The number of ether oxygens (including phenoxy) is 3. The summed E-state index contributed by atoms with van der Waals surface area (Å²) in [5.41, 5.74) is 8.10. The lowest BCUT2D eigenvalue weighted by molar-refractivity contribution is 0.0646. The van der Waals surface area contributed by atoms with Crippen molar-refractivity contribution in [2.75, 3.05) is 27.4 Å². The van der Waals surface area contributed by atoms with E-state index in [0.717, 1.165) is 12.0 Å². The maximum atomic E-state index is 5.92. The molecule has 0 heterocycles. The van der Waals surface area contributed by atoms with Crippen molar-refractivity contribution < 1.29 is 14.2 Å². The number of nitrogens with zero attached hydrogens (tertiary/aromatic N) is 1. The number of aliphatic imine (C=N–C) groups is 1. The average molecular weight is 371 g/mol. The molecule has 2 aromatic carbocycles. The van der Waals surface area contributed by atoms with Crippen molar-refractivity contribution in [3.63, 3.8) is 0 Å². The quantitative estimate of drug-likeness (QED) is 0.381. The zero-order chi connectivity index (χ0) is 19.5. The Kier molecular flexibility index (Phi) is 8.45. The fourth-order valence-corrected chi connectivity index (χ4v) is 2.58. The molecule has 146 valence electrons. The zero-order valence-electron chi connectivity index (χ0n) is 16.3. The maximum absolute atomic E-state index is 5.92. The summed E-state index contributed by atoms with van der Waals surface area (Å²) in [6.07, 6.45) is 0.936. The lowest BCUT2D eigenvalue weighted by Crippen LogP contribution is -2.32. The SMILES string of the molecule is COc1ccc(CN=C(N)NCCCOC(C)c2ccccc2)cc1OC. The van der Waals surface area contributed by atoms with Crippen LogP contribution in [0.25, 0.3) is 0 Å². The van der Waals surface area contributed by atoms with Crippen molar-refractivity contribution in [1.82, 2.24) is 5.32 Å². The highest BCUT2D eigenvalue weighted by Gasteiger charge is 2.05. The molecule has 0 spiro atoms. The first-order valence-electron chi connectivity index (χ1n) is 9.05. The normalized spacial score (nSPS) is 12.5. The minimum Gasteiger partial charge on any atom is -0.493 e. The van der Waals surface area contributed by atoms with Gasteiger partial charge in [-0.15, -0.1) is 0 Å². The third kappa shape index (κ3) is 6.83. The van der Waals surface area contributed by atoms with E-state index < -0.39 is 0 Å². The van der Waals surface area contributed by atoms with Gasteiger partial charge in [0.05, 0.1) is 26.9 Å². The number of hydrogen-bond acceptors (Lipinski definition) is 4. The Morgan fingerprint density at radius 3 is 2.52 bits per heavy atom. The summed E-state index contributed by atoms with van der Waals surface area (Å²) in [5, 5.41) is 3.11. The van der Waals surface area contributed by atoms with Crippen LogP contribution in [-0.2, 0) is 11.3 Å². The summed E-state index contributed by atoms with van der Waals surface area (Å²) in [5.74, 6) is 1.79. The first kappa shape index (κ1) is 20.6. The van der Waals surface area contributed by atoms with Gasteiger partial charge in [0.25, 0.3) is 0 Å². The van der Waals surface area contributed by atoms with Crippen LogP contribution in [0.15, 0.2) is 53.5 Å². The second kappa shape index (κ2) is 11.1. The molecule has 27 heavy (non-hydrogen) atoms. The summed E-state index contributed by atoms with van der Waals surface area (Å²) < 4.78 is 16.4. The second-order valence-corrected chi connectivity index (χ2v) is 6.09. The topological polar surface area (TPSA) is 78.1 Å². The average Bonchev–Trinajstić information content (AvgIpc) is 2.72. The van der Waals surface area contributed by atoms with Crippen molar-refractivity contribution in [1.29, 1.82) is 0 Å². The Bertz CT molecular complexity index is 720. The van der Waals surface area contributed by atoms with E-state index in [0.29, 0.717) is 37.2 Å². The molecule has 0 bridgehead atoms.